The molecule has 2 aliphatic rings. The van der Waals surface area contributed by atoms with Crippen LogP contribution in [0, 0.1) is 10.7 Å². The third-order valence-corrected chi connectivity index (χ3v) is 6.48. The number of nitrogens with zero attached hydrogens (tertiary/aromatic N) is 4. The fourth-order valence-electron chi connectivity index (χ4n) is 4.43. The minimum Gasteiger partial charge on any atom is -0.414 e. The van der Waals surface area contributed by atoms with E-state index in [2.05, 4.69) is 15.1 Å². The van der Waals surface area contributed by atoms with Gasteiger partial charge in [0.15, 0.2) is 6.04 Å². The number of rotatable bonds is 6. The van der Waals surface area contributed by atoms with Gasteiger partial charge in [-0.3, -0.25) is 4.79 Å². The molecule has 1 aromatic carbocycles. The second-order valence-corrected chi connectivity index (χ2v) is 8.18. The summed E-state index contributed by atoms with van der Waals surface area (Å²) in [5.74, 6) is -0.445. The second-order valence-electron chi connectivity index (χ2n) is 8.18. The van der Waals surface area contributed by atoms with Gasteiger partial charge in [0.05, 0.1) is 6.04 Å². The summed E-state index contributed by atoms with van der Waals surface area (Å²) in [5, 5.41) is 3.11. The van der Waals surface area contributed by atoms with Crippen LogP contribution < -0.4 is 15.1 Å². The summed E-state index contributed by atoms with van der Waals surface area (Å²) in [5.41, 5.74) is 6.69. The maximum Gasteiger partial charge on any atom is 0.522 e. The number of halogens is 1. The minimum atomic E-state index is -0.894. The van der Waals surface area contributed by atoms with Crippen molar-refractivity contribution in [2.45, 2.75) is 31.8 Å². The fraction of sp³-hybridized carbons (Fsp3) is 0.409. The van der Waals surface area contributed by atoms with Crippen molar-refractivity contribution in [2.75, 3.05) is 31.1 Å². The molecule has 2 atom stereocenters. The maximum atomic E-state index is 15.1. The Kier molecular flexibility index (Phi) is 5.88. The van der Waals surface area contributed by atoms with E-state index < -0.39 is 28.3 Å². The molecule has 0 bridgehead atoms. The van der Waals surface area contributed by atoms with Crippen molar-refractivity contribution in [3.63, 3.8) is 0 Å². The van der Waals surface area contributed by atoms with Crippen molar-refractivity contribution in [3.05, 3.63) is 47.3 Å². The predicted octanol–water partition coefficient (Wildman–Crippen LogP) is 2.95. The molecule has 0 radical (unpaired) electrons. The zero-order valence-corrected chi connectivity index (χ0v) is 17.7. The molecule has 10 heteroatoms. The van der Waals surface area contributed by atoms with Crippen LogP contribution in [0.15, 0.2) is 41.7 Å². The van der Waals surface area contributed by atoms with Gasteiger partial charge in [-0.2, -0.15) is 14.2 Å². The minimum absolute atomic E-state index is 0.130. The SMILES string of the molecule is CC(C(N)=O)[N+]1(c2ccc(-c3ccc(N4CCC(N=O)CC4)nc3)c(F)c2)CCOC1=O. The molecule has 2 saturated heterocycles. The average molecular weight is 442 g/mol. The number of piperidine rings is 1. The number of cyclic esters (lactones) is 1. The highest BCUT2D eigenvalue weighted by Crippen LogP contribution is 2.35. The lowest BCUT2D eigenvalue weighted by atomic mass is 10.0. The maximum absolute atomic E-state index is 15.1. The number of nitroso groups, excluding NO2 is 1. The third kappa shape index (κ3) is 3.70. The van der Waals surface area contributed by atoms with Crippen LogP contribution in [0.2, 0.25) is 0 Å². The van der Waals surface area contributed by atoms with E-state index in [-0.39, 0.29) is 19.2 Å². The lowest BCUT2D eigenvalue weighted by Gasteiger charge is -2.32. The van der Waals surface area contributed by atoms with Crippen molar-refractivity contribution in [1.82, 2.24) is 9.47 Å². The monoisotopic (exact) mass is 442 g/mol. The van der Waals surface area contributed by atoms with Crippen LogP contribution >= 0.6 is 0 Å². The van der Waals surface area contributed by atoms with E-state index in [0.717, 1.165) is 5.82 Å². The number of hydrogen-bond donors (Lipinski definition) is 1. The van der Waals surface area contributed by atoms with E-state index in [9.17, 15) is 14.5 Å². The van der Waals surface area contributed by atoms with Gasteiger partial charge in [-0.1, -0.05) is 5.18 Å². The highest BCUT2D eigenvalue weighted by atomic mass is 19.1. The van der Waals surface area contributed by atoms with Gasteiger partial charge in [0.25, 0.3) is 5.91 Å². The third-order valence-electron chi connectivity index (χ3n) is 6.48. The van der Waals surface area contributed by atoms with Gasteiger partial charge in [-0.25, -0.2) is 9.37 Å². The number of benzene rings is 1. The smallest absolute Gasteiger partial charge is 0.414 e. The van der Waals surface area contributed by atoms with Crippen LogP contribution in [0.25, 0.3) is 11.1 Å². The van der Waals surface area contributed by atoms with Crippen molar-refractivity contribution < 1.29 is 18.7 Å². The molecular weight excluding hydrogens is 417 g/mol. The number of hydrogen-bond acceptors (Lipinski definition) is 7. The summed E-state index contributed by atoms with van der Waals surface area (Å²) >= 11 is 0. The van der Waals surface area contributed by atoms with Crippen molar-refractivity contribution in [3.8, 4) is 11.1 Å². The Bertz CT molecular complexity index is 1040. The molecular formula is C22H25FN5O4+. The number of anilines is 1. The summed E-state index contributed by atoms with van der Waals surface area (Å²) in [6, 6.07) is 7.01. The zero-order valence-electron chi connectivity index (χ0n) is 17.7. The first-order chi connectivity index (χ1) is 15.4. The molecule has 9 nitrogen and oxygen atoms in total. The van der Waals surface area contributed by atoms with Gasteiger partial charge < -0.3 is 15.4 Å². The van der Waals surface area contributed by atoms with Crippen molar-refractivity contribution in [2.24, 2.45) is 10.9 Å². The van der Waals surface area contributed by atoms with Crippen LogP contribution in [-0.4, -0.2) is 55.3 Å². The Balaban J connectivity index is 1.59. The number of ether oxygens (including phenoxy) is 1. The zero-order chi connectivity index (χ0) is 22.9. The molecule has 0 aliphatic carbocycles. The molecule has 1 aromatic heterocycles. The second kappa shape index (κ2) is 8.62. The standard InChI is InChI=1S/C22H24FN5O4/c1-14(21(24)29)28(10-11-32-22(28)30)17-3-4-18(19(23)12-17)15-2-5-20(25-13-15)27-8-6-16(26-31)7-9-27/h2-5,12-14,16H,6-11H2,1H3,(H-,24,29)/p+1. The number of pyridine rings is 1. The summed E-state index contributed by atoms with van der Waals surface area (Å²) < 4.78 is 19.8. The number of nitrogens with two attached hydrogens (primary N) is 1. The van der Waals surface area contributed by atoms with Crippen LogP contribution in [0.3, 0.4) is 0 Å². The molecule has 0 saturated carbocycles. The van der Waals surface area contributed by atoms with E-state index in [0.29, 0.717) is 42.7 Å². The highest BCUT2D eigenvalue weighted by molar-refractivity contribution is 5.93. The molecule has 2 amide bonds. The molecule has 2 fully saturated rings. The van der Waals surface area contributed by atoms with E-state index in [1.54, 1.807) is 24.4 Å². The Hall–Kier alpha value is -3.40. The number of carbonyl (C=O) groups is 2. The summed E-state index contributed by atoms with van der Waals surface area (Å²) in [7, 11) is 0. The first kappa shape index (κ1) is 21.8. The normalized spacial score (nSPS) is 22.4. The lowest BCUT2D eigenvalue weighted by Crippen LogP contribution is -2.61. The number of aromatic nitrogens is 1. The molecule has 2 N–H and O–H groups in total. The Labute approximate surface area is 184 Å². The molecule has 2 aliphatic heterocycles. The highest BCUT2D eigenvalue weighted by Gasteiger charge is 2.53. The number of carbonyl (C=O) groups excluding carboxylic acids is 2. The van der Waals surface area contributed by atoms with E-state index >= 15 is 4.39 Å². The van der Waals surface area contributed by atoms with E-state index in [1.165, 1.54) is 13.0 Å². The molecule has 32 heavy (non-hydrogen) atoms. The first-order valence-electron chi connectivity index (χ1n) is 10.5. The first-order valence-corrected chi connectivity index (χ1v) is 10.5. The Morgan fingerprint density at radius 1 is 1.31 bits per heavy atom. The van der Waals surface area contributed by atoms with Gasteiger partial charge in [0, 0.05) is 42.5 Å². The van der Waals surface area contributed by atoms with Crippen molar-refractivity contribution in [1.29, 1.82) is 0 Å². The largest absolute Gasteiger partial charge is 0.522 e. The van der Waals surface area contributed by atoms with Gasteiger partial charge in [-0.15, -0.1) is 0 Å². The molecule has 3 heterocycles. The number of quaternary nitrogens is 1. The summed E-state index contributed by atoms with van der Waals surface area (Å²) in [6.45, 7) is 3.26. The van der Waals surface area contributed by atoms with Crippen LogP contribution in [0.5, 0.6) is 0 Å². The van der Waals surface area contributed by atoms with Gasteiger partial charge in [0.2, 0.25) is 0 Å². The predicted molar refractivity (Wildman–Crippen MR) is 117 cm³/mol. The molecule has 4 rings (SSSR count). The quantitative estimate of drug-likeness (QED) is 0.543. The van der Waals surface area contributed by atoms with E-state index in [4.69, 9.17) is 10.5 Å². The van der Waals surface area contributed by atoms with Gasteiger partial charge in [0.1, 0.15) is 30.5 Å². The van der Waals surface area contributed by atoms with E-state index in [1.807, 2.05) is 6.07 Å². The summed E-state index contributed by atoms with van der Waals surface area (Å²) in [6.07, 6.45) is 2.35. The van der Waals surface area contributed by atoms with Crippen molar-refractivity contribution >= 4 is 23.5 Å². The lowest BCUT2D eigenvalue weighted by molar-refractivity contribution is -0.121. The molecule has 2 unspecified atom stereocenters. The number of amides is 2. The molecule has 168 valence electrons. The van der Waals surface area contributed by atoms with Crippen LogP contribution in [-0.2, 0) is 9.53 Å². The topological polar surface area (TPSA) is 115 Å². The molecule has 2 aromatic rings. The Morgan fingerprint density at radius 3 is 2.59 bits per heavy atom. The van der Waals surface area contributed by atoms with Gasteiger partial charge >= 0.3 is 6.09 Å². The fourth-order valence-corrected chi connectivity index (χ4v) is 4.43. The van der Waals surface area contributed by atoms with Crippen LogP contribution in [0.1, 0.15) is 19.8 Å². The Morgan fingerprint density at radius 2 is 2.06 bits per heavy atom. The van der Waals surface area contributed by atoms with Crippen LogP contribution in [0.4, 0.5) is 20.7 Å². The molecule has 0 spiro atoms. The summed E-state index contributed by atoms with van der Waals surface area (Å²) in [4.78, 5) is 41.6. The average Bonchev–Trinajstić information content (AvgIpc) is 3.20. The van der Waals surface area contributed by atoms with Gasteiger partial charge in [-0.05, 0) is 38.0 Å². The number of primary amides is 1.